The minimum atomic E-state index is -0.770. The van der Waals surface area contributed by atoms with Crippen molar-refractivity contribution in [2.45, 2.75) is 40.3 Å². The number of aromatic nitrogens is 2. The molecule has 0 amide bonds. The number of methoxy groups -OCH3 is 1. The lowest BCUT2D eigenvalue weighted by molar-refractivity contribution is -0.136. The summed E-state index contributed by atoms with van der Waals surface area (Å²) in [5.74, 6) is 1.29. The number of hydrogen-bond acceptors (Lipinski definition) is 8. The molecule has 6 rings (SSSR count). The van der Waals surface area contributed by atoms with Gasteiger partial charge in [0.1, 0.15) is 12.4 Å². The van der Waals surface area contributed by atoms with Crippen LogP contribution in [0.4, 0.5) is 0 Å². The molecule has 0 radical (unpaired) electrons. The molecule has 252 valence electrons. The summed E-state index contributed by atoms with van der Waals surface area (Å²) in [4.78, 5) is 32.1. The topological polar surface area (TPSA) is 93.3 Å². The fourth-order valence-corrected chi connectivity index (χ4v) is 6.98. The first-order chi connectivity index (χ1) is 23.7. The summed E-state index contributed by atoms with van der Waals surface area (Å²) < 4.78 is 26.9. The molecule has 0 unspecified atom stereocenters. The highest BCUT2D eigenvalue weighted by Gasteiger charge is 2.31. The number of carbonyl (C=O) groups excluding carboxylic acids is 1. The van der Waals surface area contributed by atoms with Gasteiger partial charge in [-0.2, -0.15) is 0 Å². The summed E-state index contributed by atoms with van der Waals surface area (Å²) in [5.41, 5.74) is 5.53. The number of rotatable bonds is 11. The molecule has 1 aliphatic rings. The van der Waals surface area contributed by atoms with E-state index in [1.54, 1.807) is 16.7 Å². The fraction of sp³-hybridized carbons (Fsp3) is 0.237. The van der Waals surface area contributed by atoms with Gasteiger partial charge in [-0.15, -0.1) is 0 Å². The van der Waals surface area contributed by atoms with E-state index in [0.717, 1.165) is 34.0 Å². The number of ether oxygens (including phenoxy) is 4. The first kappa shape index (κ1) is 33.8. The average Bonchev–Trinajstić information content (AvgIpc) is 3.58. The number of aryl methyl sites for hydroxylation is 1. The van der Waals surface area contributed by atoms with Crippen LogP contribution in [-0.4, -0.2) is 35.4 Å². The number of halogens is 1. The summed E-state index contributed by atoms with van der Waals surface area (Å²) in [6.45, 7) is 9.16. The minimum Gasteiger partial charge on any atom is -0.490 e. The lowest BCUT2D eigenvalue weighted by Crippen LogP contribution is -2.39. The van der Waals surface area contributed by atoms with E-state index in [-0.39, 0.29) is 11.1 Å². The third kappa shape index (κ3) is 6.93. The minimum absolute atomic E-state index is 0.242. The molecule has 5 aromatic rings. The zero-order chi connectivity index (χ0) is 34.7. The molecule has 1 atom stereocenters. The predicted octanol–water partition coefficient (Wildman–Crippen LogP) is 6.46. The lowest BCUT2D eigenvalue weighted by atomic mass is 9.97. The second-order valence-corrected chi connectivity index (χ2v) is 12.8. The molecule has 0 fully saturated rings. The summed E-state index contributed by atoms with van der Waals surface area (Å²) in [7, 11) is 1.31. The first-order valence-electron chi connectivity index (χ1n) is 15.9. The van der Waals surface area contributed by atoms with Crippen molar-refractivity contribution in [3.8, 4) is 22.9 Å². The normalized spacial score (nSPS) is 14.1. The van der Waals surface area contributed by atoms with E-state index >= 15 is 0 Å². The summed E-state index contributed by atoms with van der Waals surface area (Å²) in [6, 6.07) is 22.2. The van der Waals surface area contributed by atoms with Gasteiger partial charge in [-0.1, -0.05) is 41.1 Å². The van der Waals surface area contributed by atoms with Crippen molar-refractivity contribution in [1.29, 1.82) is 0 Å². The molecule has 0 bridgehead atoms. The monoisotopic (exact) mass is 697 g/mol. The highest BCUT2D eigenvalue weighted by Crippen LogP contribution is 2.35. The van der Waals surface area contributed by atoms with E-state index in [1.807, 2.05) is 88.4 Å². The number of thiazole rings is 1. The van der Waals surface area contributed by atoms with Gasteiger partial charge in [0.05, 0.1) is 36.5 Å². The van der Waals surface area contributed by atoms with E-state index in [9.17, 15) is 9.59 Å². The van der Waals surface area contributed by atoms with Crippen molar-refractivity contribution in [2.24, 2.45) is 4.99 Å². The Hall–Kier alpha value is -5.06. The van der Waals surface area contributed by atoms with E-state index < -0.39 is 12.0 Å². The Labute approximate surface area is 292 Å². The van der Waals surface area contributed by atoms with E-state index in [2.05, 4.69) is 15.6 Å². The molecule has 0 saturated carbocycles. The van der Waals surface area contributed by atoms with Crippen LogP contribution in [0.1, 0.15) is 48.0 Å². The van der Waals surface area contributed by atoms with Gasteiger partial charge in [0.2, 0.25) is 0 Å². The number of benzene rings is 3. The van der Waals surface area contributed by atoms with E-state index in [0.29, 0.717) is 51.2 Å². The molecular weight excluding hydrogens is 662 g/mol. The lowest BCUT2D eigenvalue weighted by Gasteiger charge is -2.23. The van der Waals surface area contributed by atoms with Crippen molar-refractivity contribution in [1.82, 2.24) is 9.13 Å². The Kier molecular flexibility index (Phi) is 10.1. The highest BCUT2D eigenvalue weighted by molar-refractivity contribution is 7.07. The van der Waals surface area contributed by atoms with Crippen LogP contribution in [0.5, 0.6) is 17.2 Å². The maximum absolute atomic E-state index is 14.1. The predicted molar refractivity (Wildman–Crippen MR) is 191 cm³/mol. The van der Waals surface area contributed by atoms with Crippen LogP contribution < -0.4 is 29.1 Å². The van der Waals surface area contributed by atoms with Gasteiger partial charge in [0.15, 0.2) is 16.3 Å². The van der Waals surface area contributed by atoms with Crippen LogP contribution in [0.25, 0.3) is 11.8 Å². The fourth-order valence-electron chi connectivity index (χ4n) is 5.90. The molecule has 11 heteroatoms. The van der Waals surface area contributed by atoms with Crippen LogP contribution in [0.15, 0.2) is 94.4 Å². The molecule has 3 heterocycles. The molecule has 49 heavy (non-hydrogen) atoms. The molecule has 2 aromatic heterocycles. The largest absolute Gasteiger partial charge is 0.490 e. The number of fused-ring (bicyclic) bond motifs is 1. The molecule has 0 saturated heterocycles. The molecule has 9 nitrogen and oxygen atoms in total. The third-order valence-corrected chi connectivity index (χ3v) is 9.43. The zero-order valence-electron chi connectivity index (χ0n) is 27.9. The first-order valence-corrected chi connectivity index (χ1v) is 17.1. The van der Waals surface area contributed by atoms with Crippen LogP contribution >= 0.6 is 22.9 Å². The van der Waals surface area contributed by atoms with Crippen LogP contribution in [0.3, 0.4) is 0 Å². The quantitative estimate of drug-likeness (QED) is 0.147. The number of esters is 1. The van der Waals surface area contributed by atoms with Crippen molar-refractivity contribution in [2.75, 3.05) is 20.3 Å². The Balaban J connectivity index is 1.34. The summed E-state index contributed by atoms with van der Waals surface area (Å²) in [6.07, 6.45) is 3.37. The Morgan fingerprint density at radius 2 is 1.65 bits per heavy atom. The molecule has 3 aromatic carbocycles. The summed E-state index contributed by atoms with van der Waals surface area (Å²) >= 11 is 7.26. The summed E-state index contributed by atoms with van der Waals surface area (Å²) in [5, 5.41) is 0.690. The van der Waals surface area contributed by atoms with Crippen LogP contribution in [-0.2, 0) is 16.1 Å². The number of carbonyl (C=O) groups is 1. The second-order valence-electron chi connectivity index (χ2n) is 11.3. The SMILES string of the molecule is CCOc1ccc([C@@H]2C(C(=O)OC)=CN=c3s/c(=C/c4cc(C)n(-c5ccc(OCc6ccc(Cl)cc6)cc5)c4C)c(=O)n32)cc1OCC. The van der Waals surface area contributed by atoms with E-state index in [4.69, 9.17) is 30.5 Å². The zero-order valence-corrected chi connectivity index (χ0v) is 29.4. The van der Waals surface area contributed by atoms with Gasteiger partial charge in [-0.05, 0) is 105 Å². The van der Waals surface area contributed by atoms with Gasteiger partial charge in [0.25, 0.3) is 5.56 Å². The van der Waals surface area contributed by atoms with Crippen LogP contribution in [0, 0.1) is 13.8 Å². The Bertz CT molecular complexity index is 2220. The number of nitrogens with zero attached hydrogens (tertiary/aromatic N) is 3. The van der Waals surface area contributed by atoms with Gasteiger partial charge in [-0.3, -0.25) is 9.36 Å². The maximum atomic E-state index is 14.1. The van der Waals surface area contributed by atoms with Crippen molar-refractivity contribution < 1.29 is 23.7 Å². The standard InChI is InChI=1S/C38H36ClN3O6S/c1-6-46-32-17-10-26(19-33(32)47-7-2)35-31(37(44)45-5)21-40-38-42(35)36(43)34(49-38)20-27-18-23(3)41(24(27)4)29-13-15-30(16-14-29)48-22-25-8-11-28(39)12-9-25/h8-21,35H,6-7,22H2,1-5H3/b34-20+/t35-/m1/s1. The van der Waals surface area contributed by atoms with Gasteiger partial charge in [0, 0.05) is 28.3 Å². The molecule has 0 aliphatic carbocycles. The van der Waals surface area contributed by atoms with E-state index in [1.165, 1.54) is 24.6 Å². The van der Waals surface area contributed by atoms with Gasteiger partial charge in [-0.25, -0.2) is 9.79 Å². The highest BCUT2D eigenvalue weighted by atomic mass is 35.5. The van der Waals surface area contributed by atoms with Gasteiger partial charge >= 0.3 is 5.97 Å². The third-order valence-electron chi connectivity index (χ3n) is 8.18. The second kappa shape index (κ2) is 14.6. The number of hydrogen-bond donors (Lipinski definition) is 0. The smallest absolute Gasteiger partial charge is 0.337 e. The van der Waals surface area contributed by atoms with Crippen LogP contribution in [0.2, 0.25) is 5.02 Å². The maximum Gasteiger partial charge on any atom is 0.337 e. The molecule has 0 spiro atoms. The van der Waals surface area contributed by atoms with Crippen molar-refractivity contribution in [3.05, 3.63) is 137 Å². The average molecular weight is 698 g/mol. The molecular formula is C38H36ClN3O6S. The van der Waals surface area contributed by atoms with Crippen molar-refractivity contribution >= 4 is 35.0 Å². The van der Waals surface area contributed by atoms with Crippen molar-refractivity contribution in [3.63, 3.8) is 0 Å². The molecule has 1 aliphatic heterocycles. The molecule has 0 N–H and O–H groups in total. The Morgan fingerprint density at radius 3 is 2.35 bits per heavy atom. The Morgan fingerprint density at radius 1 is 0.939 bits per heavy atom. The van der Waals surface area contributed by atoms with Gasteiger partial charge < -0.3 is 23.5 Å².